The van der Waals surface area contributed by atoms with Crippen LogP contribution in [-0.4, -0.2) is 55.7 Å². The van der Waals surface area contributed by atoms with E-state index in [1.165, 1.54) is 4.31 Å². The van der Waals surface area contributed by atoms with Gasteiger partial charge in [0.25, 0.3) is 0 Å². The van der Waals surface area contributed by atoms with Crippen molar-refractivity contribution in [2.24, 2.45) is 11.3 Å². The molecule has 0 amide bonds. The topological polar surface area (TPSA) is 79.7 Å². The molecule has 0 radical (unpaired) electrons. The molecule has 2 saturated heterocycles. The normalized spacial score (nSPS) is 27.5. The van der Waals surface area contributed by atoms with Gasteiger partial charge >= 0.3 is 0 Å². The largest absolute Gasteiger partial charge is 0.396 e. The molecule has 2 aromatic rings. The molecule has 0 aliphatic carbocycles. The van der Waals surface area contributed by atoms with Crippen molar-refractivity contribution in [2.75, 3.05) is 32.9 Å². The van der Waals surface area contributed by atoms with Gasteiger partial charge in [0.05, 0.1) is 18.7 Å². The van der Waals surface area contributed by atoms with E-state index in [1.54, 1.807) is 18.3 Å². The van der Waals surface area contributed by atoms with Crippen molar-refractivity contribution in [3.8, 4) is 0 Å². The lowest BCUT2D eigenvalue weighted by Gasteiger charge is -2.36. The van der Waals surface area contributed by atoms with Crippen LogP contribution in [0.25, 0.3) is 10.9 Å². The summed E-state index contributed by atoms with van der Waals surface area (Å²) in [5.74, 6) is 0.130. The number of aromatic nitrogens is 1. The summed E-state index contributed by atoms with van der Waals surface area (Å²) >= 11 is 0. The number of nitrogens with zero attached hydrogens (tertiary/aromatic N) is 2. The third-order valence-electron chi connectivity index (χ3n) is 5.53. The Morgan fingerprint density at radius 3 is 3.04 bits per heavy atom. The lowest BCUT2D eigenvalue weighted by molar-refractivity contribution is -0.0552. The van der Waals surface area contributed by atoms with E-state index in [-0.39, 0.29) is 17.4 Å². The lowest BCUT2D eigenvalue weighted by Crippen LogP contribution is -2.43. The summed E-state index contributed by atoms with van der Waals surface area (Å²) < 4.78 is 33.8. The zero-order valence-electron chi connectivity index (χ0n) is 14.2. The fourth-order valence-electron chi connectivity index (χ4n) is 4.09. The number of hydrogen-bond acceptors (Lipinski definition) is 5. The molecule has 4 rings (SSSR count). The Morgan fingerprint density at radius 1 is 1.44 bits per heavy atom. The number of aliphatic hydroxyl groups excluding tert-OH is 1. The first-order chi connectivity index (χ1) is 12.0. The molecule has 0 saturated carbocycles. The number of sulfonamides is 1. The Kier molecular flexibility index (Phi) is 4.07. The molecule has 2 aliphatic rings. The molecule has 1 aromatic carbocycles. The molecule has 2 fully saturated rings. The predicted octanol–water partition coefficient (Wildman–Crippen LogP) is 1.56. The van der Waals surface area contributed by atoms with Crippen LogP contribution >= 0.6 is 0 Å². The number of aryl methyl sites for hydroxylation is 1. The second-order valence-electron chi connectivity index (χ2n) is 7.19. The third-order valence-corrected chi connectivity index (χ3v) is 7.35. The maximum atomic E-state index is 13.4. The second kappa shape index (κ2) is 6.02. The Morgan fingerprint density at radius 2 is 2.28 bits per heavy atom. The van der Waals surface area contributed by atoms with Crippen molar-refractivity contribution in [2.45, 2.75) is 18.2 Å². The van der Waals surface area contributed by atoms with E-state index >= 15 is 0 Å². The molecule has 2 aliphatic heterocycles. The molecule has 7 heteroatoms. The highest BCUT2D eigenvalue weighted by molar-refractivity contribution is 7.89. The number of benzene rings is 1. The van der Waals surface area contributed by atoms with Crippen LogP contribution in [0.1, 0.15) is 12.0 Å². The first-order valence-corrected chi connectivity index (χ1v) is 9.94. The smallest absolute Gasteiger partial charge is 0.245 e. The number of ether oxygens (including phenoxy) is 1. The van der Waals surface area contributed by atoms with Crippen LogP contribution in [0.15, 0.2) is 35.4 Å². The minimum atomic E-state index is -3.69. The average Bonchev–Trinajstić information content (AvgIpc) is 3.02. The molecule has 0 bridgehead atoms. The van der Waals surface area contributed by atoms with Gasteiger partial charge in [0.2, 0.25) is 10.0 Å². The van der Waals surface area contributed by atoms with Gasteiger partial charge < -0.3 is 9.84 Å². The second-order valence-corrected chi connectivity index (χ2v) is 9.10. The highest BCUT2D eigenvalue weighted by Gasteiger charge is 2.51. The van der Waals surface area contributed by atoms with E-state index in [9.17, 15) is 13.5 Å². The number of hydrogen-bond donors (Lipinski definition) is 1. The summed E-state index contributed by atoms with van der Waals surface area (Å²) in [7, 11) is -3.69. The van der Waals surface area contributed by atoms with E-state index < -0.39 is 15.4 Å². The van der Waals surface area contributed by atoms with Gasteiger partial charge in [-0.2, -0.15) is 4.31 Å². The standard InChI is InChI=1S/C18H22N2O4S/c1-13-7-14-3-2-5-19-17(14)16(8-13)25(22,23)20-9-15-4-6-24-12-18(15,10-20)11-21/h2-3,5,7-8,15,21H,4,6,9-12H2,1H3/t15-,18+/m0/s1. The zero-order valence-corrected chi connectivity index (χ0v) is 15.0. The third kappa shape index (κ3) is 2.66. The number of aliphatic hydroxyl groups is 1. The molecule has 6 nitrogen and oxygen atoms in total. The fourth-order valence-corrected chi connectivity index (χ4v) is 5.92. The molecule has 25 heavy (non-hydrogen) atoms. The van der Waals surface area contributed by atoms with Gasteiger partial charge in [0, 0.05) is 36.7 Å². The Balaban J connectivity index is 1.79. The molecule has 0 spiro atoms. The van der Waals surface area contributed by atoms with Crippen LogP contribution in [0.2, 0.25) is 0 Å². The summed E-state index contributed by atoms with van der Waals surface area (Å²) in [5.41, 5.74) is 0.895. The van der Waals surface area contributed by atoms with Crippen LogP contribution < -0.4 is 0 Å². The zero-order chi connectivity index (χ0) is 17.7. The Hall–Kier alpha value is -1.54. The van der Waals surface area contributed by atoms with Crippen molar-refractivity contribution >= 4 is 20.9 Å². The van der Waals surface area contributed by atoms with Crippen molar-refractivity contribution in [3.05, 3.63) is 36.0 Å². The van der Waals surface area contributed by atoms with Crippen molar-refractivity contribution in [1.29, 1.82) is 0 Å². The molecule has 134 valence electrons. The van der Waals surface area contributed by atoms with Crippen LogP contribution in [0.5, 0.6) is 0 Å². The van der Waals surface area contributed by atoms with Gasteiger partial charge in [0.15, 0.2) is 0 Å². The monoisotopic (exact) mass is 362 g/mol. The summed E-state index contributed by atoms with van der Waals surface area (Å²) in [6.45, 7) is 3.57. The van der Waals surface area contributed by atoms with Gasteiger partial charge in [-0.3, -0.25) is 4.98 Å². The number of pyridine rings is 1. The van der Waals surface area contributed by atoms with Crippen LogP contribution in [0.4, 0.5) is 0 Å². The van der Waals surface area contributed by atoms with Gasteiger partial charge in [-0.05, 0) is 43.0 Å². The molecule has 2 atom stereocenters. The van der Waals surface area contributed by atoms with Crippen LogP contribution in [0.3, 0.4) is 0 Å². The molecule has 0 unspecified atom stereocenters. The number of rotatable bonds is 3. The van der Waals surface area contributed by atoms with Gasteiger partial charge in [-0.25, -0.2) is 8.42 Å². The highest BCUT2D eigenvalue weighted by atomic mass is 32.2. The van der Waals surface area contributed by atoms with Crippen molar-refractivity contribution in [3.63, 3.8) is 0 Å². The van der Waals surface area contributed by atoms with E-state index in [2.05, 4.69) is 4.98 Å². The maximum Gasteiger partial charge on any atom is 0.245 e. The minimum absolute atomic E-state index is 0.0590. The summed E-state index contributed by atoms with van der Waals surface area (Å²) in [5, 5.41) is 10.7. The number of fused-ring (bicyclic) bond motifs is 2. The Bertz CT molecular complexity index is 914. The molecule has 3 heterocycles. The van der Waals surface area contributed by atoms with E-state index in [1.807, 2.05) is 19.1 Å². The highest BCUT2D eigenvalue weighted by Crippen LogP contribution is 2.43. The lowest BCUT2D eigenvalue weighted by atomic mass is 9.76. The molecule has 1 aromatic heterocycles. The fraction of sp³-hybridized carbons (Fsp3) is 0.500. The maximum absolute atomic E-state index is 13.4. The average molecular weight is 362 g/mol. The van der Waals surface area contributed by atoms with Crippen molar-refractivity contribution < 1.29 is 18.3 Å². The van der Waals surface area contributed by atoms with Crippen LogP contribution in [0, 0.1) is 18.3 Å². The van der Waals surface area contributed by atoms with Gasteiger partial charge in [-0.15, -0.1) is 0 Å². The minimum Gasteiger partial charge on any atom is -0.396 e. The van der Waals surface area contributed by atoms with E-state index in [4.69, 9.17) is 4.74 Å². The SMILES string of the molecule is Cc1cc(S(=O)(=O)N2C[C@@H]3CCOC[C@]3(CO)C2)c2ncccc2c1. The Labute approximate surface area is 147 Å². The molecular formula is C18H22N2O4S. The van der Waals surface area contributed by atoms with E-state index in [0.717, 1.165) is 17.4 Å². The molecule has 1 N–H and O–H groups in total. The van der Waals surface area contributed by atoms with Crippen molar-refractivity contribution in [1.82, 2.24) is 9.29 Å². The van der Waals surface area contributed by atoms with Gasteiger partial charge in [-0.1, -0.05) is 6.07 Å². The quantitative estimate of drug-likeness (QED) is 0.896. The predicted molar refractivity (Wildman–Crippen MR) is 93.7 cm³/mol. The summed E-state index contributed by atoms with van der Waals surface area (Å²) in [4.78, 5) is 4.55. The summed E-state index contributed by atoms with van der Waals surface area (Å²) in [6, 6.07) is 7.31. The first kappa shape index (κ1) is 16.9. The summed E-state index contributed by atoms with van der Waals surface area (Å²) in [6.07, 6.45) is 2.39. The molecular weight excluding hydrogens is 340 g/mol. The van der Waals surface area contributed by atoms with Crippen LogP contribution in [-0.2, 0) is 14.8 Å². The van der Waals surface area contributed by atoms with Gasteiger partial charge in [0.1, 0.15) is 4.90 Å². The first-order valence-electron chi connectivity index (χ1n) is 8.50. The van der Waals surface area contributed by atoms with E-state index in [0.29, 0.717) is 31.8 Å².